The van der Waals surface area contributed by atoms with Gasteiger partial charge in [0.05, 0.1) is 10.8 Å². The van der Waals surface area contributed by atoms with E-state index < -0.39 is 17.0 Å². The number of benzene rings is 2. The molecule has 0 saturated heterocycles. The summed E-state index contributed by atoms with van der Waals surface area (Å²) < 4.78 is 46.3. The molecule has 182 valence electrons. The first-order valence-corrected chi connectivity index (χ1v) is 12.4. The Morgan fingerprint density at radius 2 is 1.71 bits per heavy atom. The third kappa shape index (κ3) is 9.78. The third-order valence-electron chi connectivity index (χ3n) is 4.80. The standard InChI is InChI=1S/C28H34F3NOSi/c1-7-32(19-12-8-11-18-26(2,3)4)21-22-14-13-15-23(20-22)33-27(5,6)34-25-17-10-9-16-24(25)28(29,30)31/h8-10,12-17,20H,7,19,21H2,1-6H3/b12-8+. The molecule has 0 aliphatic carbocycles. The van der Waals surface area contributed by atoms with Crippen molar-refractivity contribution in [2.45, 2.75) is 59.5 Å². The van der Waals surface area contributed by atoms with E-state index in [9.17, 15) is 13.2 Å². The molecule has 0 saturated carbocycles. The molecule has 6 heteroatoms. The SMILES string of the molecule is CCN(C/C=C/C#CC(C)(C)C)Cc1cccc(OC(C)(C)[Si]c2ccccc2C(F)(F)F)c1. The van der Waals surface area contributed by atoms with Crippen LogP contribution in [0, 0.1) is 17.3 Å². The van der Waals surface area contributed by atoms with Crippen molar-refractivity contribution in [3.8, 4) is 17.6 Å². The van der Waals surface area contributed by atoms with E-state index in [2.05, 4.69) is 50.5 Å². The molecule has 2 radical (unpaired) electrons. The Hall–Kier alpha value is -2.49. The molecule has 2 nitrogen and oxygen atoms in total. The van der Waals surface area contributed by atoms with E-state index in [1.807, 2.05) is 44.2 Å². The van der Waals surface area contributed by atoms with Crippen LogP contribution in [0.25, 0.3) is 0 Å². The molecule has 0 aliphatic heterocycles. The molecule has 0 unspecified atom stereocenters. The molecule has 0 bridgehead atoms. The highest BCUT2D eigenvalue weighted by atomic mass is 28.2. The summed E-state index contributed by atoms with van der Waals surface area (Å²) in [5.74, 6) is 6.93. The Bertz CT molecular complexity index is 1030. The molecule has 0 amide bonds. The number of hydrogen-bond acceptors (Lipinski definition) is 2. The molecule has 34 heavy (non-hydrogen) atoms. The predicted molar refractivity (Wildman–Crippen MR) is 135 cm³/mol. The van der Waals surface area contributed by atoms with Crippen molar-refractivity contribution >= 4 is 14.7 Å². The van der Waals surface area contributed by atoms with Gasteiger partial charge in [-0.2, -0.15) is 13.2 Å². The van der Waals surface area contributed by atoms with E-state index in [0.29, 0.717) is 5.75 Å². The van der Waals surface area contributed by atoms with Gasteiger partial charge in [-0.1, -0.05) is 61.2 Å². The molecular formula is C28H34F3NOSi. The minimum atomic E-state index is -4.38. The Balaban J connectivity index is 2.06. The highest BCUT2D eigenvalue weighted by molar-refractivity contribution is 6.57. The largest absolute Gasteiger partial charge is 0.492 e. The Labute approximate surface area is 205 Å². The number of halogens is 3. The molecule has 0 atom stereocenters. The molecule has 0 heterocycles. The van der Waals surface area contributed by atoms with Crippen LogP contribution < -0.4 is 9.92 Å². The van der Waals surface area contributed by atoms with Crippen LogP contribution in [0.5, 0.6) is 5.75 Å². The lowest BCUT2D eigenvalue weighted by Crippen LogP contribution is -2.44. The minimum Gasteiger partial charge on any atom is -0.492 e. The molecule has 2 aromatic carbocycles. The second kappa shape index (κ2) is 11.8. The summed E-state index contributed by atoms with van der Waals surface area (Å²) in [4.78, 5) is 2.28. The number of ether oxygens (including phenoxy) is 1. The maximum Gasteiger partial charge on any atom is 0.416 e. The second-order valence-electron chi connectivity index (χ2n) is 9.68. The Morgan fingerprint density at radius 1 is 1.00 bits per heavy atom. The number of nitrogens with zero attached hydrogens (tertiary/aromatic N) is 1. The third-order valence-corrected chi connectivity index (χ3v) is 6.21. The van der Waals surface area contributed by atoms with Crippen LogP contribution in [0.15, 0.2) is 60.7 Å². The van der Waals surface area contributed by atoms with E-state index in [0.717, 1.165) is 31.3 Å². The molecule has 0 N–H and O–H groups in total. The molecule has 2 rings (SSSR count). The molecule has 0 aliphatic rings. The number of alkyl halides is 3. The van der Waals surface area contributed by atoms with E-state index in [4.69, 9.17) is 4.74 Å². The fourth-order valence-electron chi connectivity index (χ4n) is 3.27. The van der Waals surface area contributed by atoms with Crippen molar-refractivity contribution in [3.05, 3.63) is 71.8 Å². The average Bonchev–Trinajstić information content (AvgIpc) is 2.71. The van der Waals surface area contributed by atoms with E-state index in [-0.39, 0.29) is 20.1 Å². The topological polar surface area (TPSA) is 12.5 Å². The summed E-state index contributed by atoms with van der Waals surface area (Å²) in [7, 11) is -0.157. The maximum atomic E-state index is 13.4. The zero-order valence-corrected chi connectivity index (χ0v) is 21.9. The van der Waals surface area contributed by atoms with Crippen LogP contribution in [0.4, 0.5) is 13.2 Å². The van der Waals surface area contributed by atoms with Gasteiger partial charge in [0, 0.05) is 18.5 Å². The molecule has 2 aromatic rings. The lowest BCUT2D eigenvalue weighted by atomic mass is 9.98. The van der Waals surface area contributed by atoms with Crippen molar-refractivity contribution in [2.24, 2.45) is 5.41 Å². The van der Waals surface area contributed by atoms with Crippen LogP contribution >= 0.6 is 0 Å². The summed E-state index contributed by atoms with van der Waals surface area (Å²) >= 11 is 0. The van der Waals surface area contributed by atoms with E-state index in [1.165, 1.54) is 12.1 Å². The number of likely N-dealkylation sites (N-methyl/N-ethyl adjacent to an activating group) is 1. The lowest BCUT2D eigenvalue weighted by Gasteiger charge is -2.28. The summed E-state index contributed by atoms with van der Waals surface area (Å²) in [6, 6.07) is 13.5. The quantitative estimate of drug-likeness (QED) is 0.306. The van der Waals surface area contributed by atoms with Crippen molar-refractivity contribution in [1.82, 2.24) is 4.90 Å². The highest BCUT2D eigenvalue weighted by Crippen LogP contribution is 2.28. The summed E-state index contributed by atoms with van der Waals surface area (Å²) in [5, 5.41) is -0.520. The van der Waals surface area contributed by atoms with Crippen LogP contribution in [-0.2, 0) is 12.7 Å². The van der Waals surface area contributed by atoms with Crippen molar-refractivity contribution in [2.75, 3.05) is 13.1 Å². The highest BCUT2D eigenvalue weighted by Gasteiger charge is 2.35. The van der Waals surface area contributed by atoms with Gasteiger partial charge in [-0.25, -0.2) is 0 Å². The Morgan fingerprint density at radius 3 is 2.35 bits per heavy atom. The summed E-state index contributed by atoms with van der Waals surface area (Å²) in [5.41, 5.74) is 0.472. The van der Waals surface area contributed by atoms with Crippen molar-refractivity contribution in [3.63, 3.8) is 0 Å². The zero-order valence-electron chi connectivity index (χ0n) is 20.9. The number of rotatable bonds is 9. The molecule has 0 spiro atoms. The van der Waals surface area contributed by atoms with Crippen LogP contribution in [0.1, 0.15) is 52.7 Å². The van der Waals surface area contributed by atoms with E-state index >= 15 is 0 Å². The second-order valence-corrected chi connectivity index (χ2v) is 11.7. The first-order valence-electron chi connectivity index (χ1n) is 11.4. The van der Waals surface area contributed by atoms with Crippen LogP contribution in [-0.4, -0.2) is 32.7 Å². The van der Waals surface area contributed by atoms with Crippen LogP contribution in [0.2, 0.25) is 0 Å². The van der Waals surface area contributed by atoms with E-state index in [1.54, 1.807) is 6.07 Å². The maximum absolute atomic E-state index is 13.4. The molecular weight excluding hydrogens is 451 g/mol. The van der Waals surface area contributed by atoms with Gasteiger partial charge in [0.25, 0.3) is 0 Å². The lowest BCUT2D eigenvalue weighted by molar-refractivity contribution is -0.136. The van der Waals surface area contributed by atoms with Gasteiger partial charge >= 0.3 is 6.18 Å². The summed E-state index contributed by atoms with van der Waals surface area (Å²) in [6.45, 7) is 14.4. The first-order chi connectivity index (χ1) is 15.8. The normalized spacial score (nSPS) is 12.6. The van der Waals surface area contributed by atoms with Crippen LogP contribution in [0.3, 0.4) is 0 Å². The molecule has 0 aromatic heterocycles. The molecule has 0 fully saturated rings. The van der Waals surface area contributed by atoms with Gasteiger partial charge < -0.3 is 4.74 Å². The first kappa shape index (κ1) is 27.7. The van der Waals surface area contributed by atoms with Gasteiger partial charge in [0.1, 0.15) is 15.3 Å². The smallest absolute Gasteiger partial charge is 0.416 e. The monoisotopic (exact) mass is 485 g/mol. The fraction of sp³-hybridized carbons (Fsp3) is 0.429. The fourth-order valence-corrected chi connectivity index (χ4v) is 4.63. The van der Waals surface area contributed by atoms with Gasteiger partial charge in [0.15, 0.2) is 0 Å². The van der Waals surface area contributed by atoms with Gasteiger partial charge in [-0.3, -0.25) is 4.90 Å². The zero-order chi connectivity index (χ0) is 25.4. The average molecular weight is 486 g/mol. The van der Waals surface area contributed by atoms with Crippen molar-refractivity contribution in [1.29, 1.82) is 0 Å². The Kier molecular flexibility index (Phi) is 9.61. The number of allylic oxidation sites excluding steroid dienone is 1. The minimum absolute atomic E-state index is 0.0155. The van der Waals surface area contributed by atoms with Crippen molar-refractivity contribution < 1.29 is 17.9 Å². The van der Waals surface area contributed by atoms with Gasteiger partial charge in [-0.05, 0) is 70.1 Å². The van der Waals surface area contributed by atoms with Gasteiger partial charge in [0.2, 0.25) is 0 Å². The predicted octanol–water partition coefficient (Wildman–Crippen LogP) is 6.28. The summed E-state index contributed by atoms with van der Waals surface area (Å²) in [6.07, 6.45) is -0.420. The number of hydrogen-bond donors (Lipinski definition) is 0. The van der Waals surface area contributed by atoms with Gasteiger partial charge in [-0.15, -0.1) is 0 Å².